The van der Waals surface area contributed by atoms with Crippen molar-refractivity contribution in [2.24, 2.45) is 11.7 Å². The van der Waals surface area contributed by atoms with E-state index < -0.39 is 17.9 Å². The maximum Gasteiger partial charge on any atom is 0.249 e. The number of amides is 2. The lowest BCUT2D eigenvalue weighted by atomic mass is 9.99. The van der Waals surface area contributed by atoms with Gasteiger partial charge in [-0.05, 0) is 30.5 Å². The van der Waals surface area contributed by atoms with Crippen LogP contribution in [0.15, 0.2) is 18.2 Å². The Bertz CT molecular complexity index is 615. The number of nitrogens with zero attached hydrogens (tertiary/aromatic N) is 1. The van der Waals surface area contributed by atoms with Gasteiger partial charge in [0.2, 0.25) is 11.8 Å². The van der Waals surface area contributed by atoms with Crippen molar-refractivity contribution in [3.05, 3.63) is 29.0 Å². The number of carbonyl (C=O) groups is 2. The second-order valence-corrected chi connectivity index (χ2v) is 6.26. The van der Waals surface area contributed by atoms with Gasteiger partial charge in [0.25, 0.3) is 0 Å². The molecule has 1 aromatic rings. The Morgan fingerprint density at radius 3 is 2.79 bits per heavy atom. The molecule has 1 fully saturated rings. The van der Waals surface area contributed by atoms with Crippen LogP contribution in [0.5, 0.6) is 0 Å². The lowest BCUT2D eigenvalue weighted by molar-refractivity contribution is -0.128. The molecule has 1 aliphatic heterocycles. The topological polar surface area (TPSA) is 75.4 Å². The minimum atomic E-state index is -0.637. The maximum absolute atomic E-state index is 13.2. The average molecular weight is 378 g/mol. The van der Waals surface area contributed by atoms with Crippen LogP contribution in [0.3, 0.4) is 0 Å². The van der Waals surface area contributed by atoms with Crippen molar-refractivity contribution in [3.8, 4) is 0 Å². The van der Waals surface area contributed by atoms with Crippen molar-refractivity contribution < 1.29 is 14.0 Å². The smallest absolute Gasteiger partial charge is 0.249 e. The van der Waals surface area contributed by atoms with Crippen molar-refractivity contribution in [1.29, 1.82) is 0 Å². The molecule has 0 aliphatic carbocycles. The summed E-state index contributed by atoms with van der Waals surface area (Å²) in [5.41, 5.74) is 6.40. The predicted octanol–water partition coefficient (Wildman–Crippen LogP) is 2.50. The van der Waals surface area contributed by atoms with Gasteiger partial charge in [0.1, 0.15) is 11.9 Å². The van der Waals surface area contributed by atoms with E-state index in [4.69, 9.17) is 17.3 Å². The molecular formula is C16H22Cl2FN3O2. The van der Waals surface area contributed by atoms with E-state index in [1.165, 1.54) is 23.1 Å². The van der Waals surface area contributed by atoms with Gasteiger partial charge in [-0.3, -0.25) is 9.59 Å². The first-order valence-corrected chi connectivity index (χ1v) is 8.05. The lowest BCUT2D eigenvalue weighted by Gasteiger charge is -2.21. The third-order valence-electron chi connectivity index (χ3n) is 4.30. The monoisotopic (exact) mass is 377 g/mol. The van der Waals surface area contributed by atoms with Crippen molar-refractivity contribution in [2.75, 3.05) is 11.4 Å². The predicted molar refractivity (Wildman–Crippen MR) is 95.0 cm³/mol. The van der Waals surface area contributed by atoms with Gasteiger partial charge in [-0.15, -0.1) is 12.4 Å². The number of anilines is 1. The molecule has 1 aromatic carbocycles. The molecule has 2 rings (SSSR count). The molecule has 0 spiro atoms. The first-order chi connectivity index (χ1) is 10.8. The van der Waals surface area contributed by atoms with Crippen molar-refractivity contribution in [2.45, 2.75) is 38.8 Å². The molecule has 0 aromatic heterocycles. The Balaban J connectivity index is 0.00000288. The van der Waals surface area contributed by atoms with Gasteiger partial charge in [0.15, 0.2) is 0 Å². The van der Waals surface area contributed by atoms with Gasteiger partial charge in [-0.25, -0.2) is 4.39 Å². The molecule has 1 heterocycles. The Hall–Kier alpha value is -1.37. The SMILES string of the molecule is CCC(C)C(N)C(=O)NC1CCN(c2ccc(F)c(Cl)c2)C1=O.Cl. The van der Waals surface area contributed by atoms with E-state index in [-0.39, 0.29) is 35.2 Å². The van der Waals surface area contributed by atoms with Crippen LogP contribution in [0.25, 0.3) is 0 Å². The van der Waals surface area contributed by atoms with Crippen LogP contribution in [-0.4, -0.2) is 30.4 Å². The molecule has 24 heavy (non-hydrogen) atoms. The van der Waals surface area contributed by atoms with Gasteiger partial charge in [-0.2, -0.15) is 0 Å². The van der Waals surface area contributed by atoms with Crippen molar-refractivity contribution >= 4 is 41.5 Å². The maximum atomic E-state index is 13.2. The van der Waals surface area contributed by atoms with Crippen LogP contribution in [0, 0.1) is 11.7 Å². The van der Waals surface area contributed by atoms with Crippen LogP contribution in [0.2, 0.25) is 5.02 Å². The van der Waals surface area contributed by atoms with E-state index in [0.29, 0.717) is 18.7 Å². The molecule has 2 amide bonds. The second-order valence-electron chi connectivity index (χ2n) is 5.85. The highest BCUT2D eigenvalue weighted by Crippen LogP contribution is 2.26. The largest absolute Gasteiger partial charge is 0.343 e. The molecule has 134 valence electrons. The summed E-state index contributed by atoms with van der Waals surface area (Å²) >= 11 is 5.75. The first-order valence-electron chi connectivity index (χ1n) is 7.67. The van der Waals surface area contributed by atoms with E-state index >= 15 is 0 Å². The zero-order valence-electron chi connectivity index (χ0n) is 13.6. The van der Waals surface area contributed by atoms with E-state index in [0.717, 1.165) is 6.42 Å². The number of nitrogens with two attached hydrogens (primary N) is 1. The number of nitrogens with one attached hydrogen (secondary N) is 1. The molecule has 3 atom stereocenters. The van der Waals surface area contributed by atoms with Crippen LogP contribution in [-0.2, 0) is 9.59 Å². The average Bonchev–Trinajstić information content (AvgIpc) is 2.89. The van der Waals surface area contributed by atoms with Gasteiger partial charge < -0.3 is 16.0 Å². The first kappa shape index (κ1) is 20.7. The molecule has 0 saturated carbocycles. The Labute approximate surface area is 152 Å². The summed E-state index contributed by atoms with van der Waals surface area (Å²) in [6, 6.07) is 2.87. The molecule has 3 N–H and O–H groups in total. The molecule has 1 saturated heterocycles. The summed E-state index contributed by atoms with van der Waals surface area (Å²) in [5.74, 6) is -1.06. The van der Waals surface area contributed by atoms with Crippen molar-refractivity contribution in [1.82, 2.24) is 5.32 Å². The fraction of sp³-hybridized carbons (Fsp3) is 0.500. The van der Waals surface area contributed by atoms with Gasteiger partial charge in [-0.1, -0.05) is 31.9 Å². The van der Waals surface area contributed by atoms with Crippen LogP contribution in [0.4, 0.5) is 10.1 Å². The van der Waals surface area contributed by atoms with Gasteiger partial charge >= 0.3 is 0 Å². The fourth-order valence-corrected chi connectivity index (χ4v) is 2.68. The number of halogens is 3. The summed E-state index contributed by atoms with van der Waals surface area (Å²) in [5, 5.41) is 2.67. The molecule has 8 heteroatoms. The zero-order chi connectivity index (χ0) is 17.1. The third kappa shape index (κ3) is 4.37. The molecule has 0 bridgehead atoms. The van der Waals surface area contributed by atoms with Gasteiger partial charge in [0.05, 0.1) is 11.1 Å². The molecule has 0 radical (unpaired) electrons. The normalized spacial score (nSPS) is 19.6. The summed E-state index contributed by atoms with van der Waals surface area (Å²) in [7, 11) is 0. The fourth-order valence-electron chi connectivity index (χ4n) is 2.50. The number of carbonyl (C=O) groups excluding carboxylic acids is 2. The Morgan fingerprint density at radius 1 is 1.54 bits per heavy atom. The minimum Gasteiger partial charge on any atom is -0.343 e. The quantitative estimate of drug-likeness (QED) is 0.827. The van der Waals surface area contributed by atoms with Crippen molar-refractivity contribution in [3.63, 3.8) is 0 Å². The number of hydrogen-bond acceptors (Lipinski definition) is 3. The number of benzene rings is 1. The number of hydrogen-bond donors (Lipinski definition) is 2. The Morgan fingerprint density at radius 2 is 2.21 bits per heavy atom. The summed E-state index contributed by atoms with van der Waals surface area (Å²) in [6.07, 6.45) is 1.26. The summed E-state index contributed by atoms with van der Waals surface area (Å²) in [4.78, 5) is 26.0. The minimum absolute atomic E-state index is 0. The summed E-state index contributed by atoms with van der Waals surface area (Å²) < 4.78 is 13.2. The third-order valence-corrected chi connectivity index (χ3v) is 4.59. The highest BCUT2D eigenvalue weighted by atomic mass is 35.5. The van der Waals surface area contributed by atoms with E-state index in [2.05, 4.69) is 5.32 Å². The molecule has 3 unspecified atom stereocenters. The van der Waals surface area contributed by atoms with Gasteiger partial charge in [0, 0.05) is 12.2 Å². The molecule has 5 nitrogen and oxygen atoms in total. The van der Waals surface area contributed by atoms with E-state index in [9.17, 15) is 14.0 Å². The van der Waals surface area contributed by atoms with Crippen LogP contribution >= 0.6 is 24.0 Å². The standard InChI is InChI=1S/C16H21ClFN3O2.ClH/c1-3-9(2)14(19)15(22)20-13-6-7-21(16(13)23)10-4-5-12(18)11(17)8-10;/h4-5,8-9,13-14H,3,6-7,19H2,1-2H3,(H,20,22);1H. The second kappa shape index (κ2) is 8.65. The zero-order valence-corrected chi connectivity index (χ0v) is 15.2. The molecule has 1 aliphatic rings. The molecular weight excluding hydrogens is 356 g/mol. The Kier molecular flexibility index (Phi) is 7.45. The summed E-state index contributed by atoms with van der Waals surface area (Å²) in [6.45, 7) is 4.29. The lowest BCUT2D eigenvalue weighted by Crippen LogP contribution is -2.50. The highest BCUT2D eigenvalue weighted by molar-refractivity contribution is 6.31. The van der Waals surface area contributed by atoms with E-state index in [1.807, 2.05) is 13.8 Å². The van der Waals surface area contributed by atoms with E-state index in [1.54, 1.807) is 0 Å². The van der Waals surface area contributed by atoms with Crippen LogP contribution in [0.1, 0.15) is 26.7 Å². The number of rotatable bonds is 5. The highest BCUT2D eigenvalue weighted by Gasteiger charge is 2.35. The van der Waals surface area contributed by atoms with Crippen LogP contribution < -0.4 is 16.0 Å².